The second-order valence-corrected chi connectivity index (χ2v) is 15.8. The molecule has 0 fully saturated rings. The number of carbonyl (C=O) groups excluding carboxylic acids is 2. The second kappa shape index (κ2) is 18.3. The van der Waals surface area contributed by atoms with Gasteiger partial charge in [0.05, 0.1) is 21.2 Å². The molecule has 0 unspecified atom stereocenters. The number of benzene rings is 3. The lowest BCUT2D eigenvalue weighted by Gasteiger charge is -2.37. The fraction of sp³-hybridized carbons (Fsp3) is 0.447. The highest BCUT2D eigenvalue weighted by molar-refractivity contribution is 7.98. The molecule has 0 spiro atoms. The topological polar surface area (TPSA) is 142 Å². The Bertz CT molecular complexity index is 1690. The van der Waals surface area contributed by atoms with E-state index in [0.717, 1.165) is 49.7 Å². The second-order valence-electron chi connectivity index (χ2n) is 13.0. The molecule has 1 aliphatic rings. The summed E-state index contributed by atoms with van der Waals surface area (Å²) < 4.78 is 34.8. The average molecular weight is 724 g/mol. The van der Waals surface area contributed by atoms with Crippen LogP contribution in [0.1, 0.15) is 63.5 Å². The van der Waals surface area contributed by atoms with Gasteiger partial charge in [-0.25, -0.2) is 8.42 Å². The summed E-state index contributed by atoms with van der Waals surface area (Å²) in [5.74, 6) is -2.16. The number of carbonyl (C=O) groups is 3. The van der Waals surface area contributed by atoms with E-state index in [2.05, 4.69) is 41.5 Å². The molecule has 50 heavy (non-hydrogen) atoms. The number of hydrogen-bond acceptors (Lipinski definition) is 8. The normalized spacial score (nSPS) is 15.3. The predicted octanol–water partition coefficient (Wildman–Crippen LogP) is 5.88. The number of thioether (sulfide) groups is 1. The lowest BCUT2D eigenvalue weighted by atomic mass is 9.79. The number of carboxylic acids is 1. The van der Waals surface area contributed by atoms with Crippen LogP contribution < -0.4 is 20.3 Å². The lowest BCUT2D eigenvalue weighted by Crippen LogP contribution is -2.50. The van der Waals surface area contributed by atoms with Crippen LogP contribution in [0.4, 0.5) is 5.69 Å². The first-order valence-corrected chi connectivity index (χ1v) is 20.1. The molecule has 2 amide bonds. The van der Waals surface area contributed by atoms with Crippen molar-refractivity contribution in [1.29, 1.82) is 0 Å². The molecule has 0 aromatic heterocycles. The van der Waals surface area contributed by atoms with Gasteiger partial charge in [0, 0.05) is 31.0 Å². The largest absolute Gasteiger partial charge is 0.483 e. The number of anilines is 1. The van der Waals surface area contributed by atoms with Crippen molar-refractivity contribution in [3.63, 3.8) is 0 Å². The molecule has 1 atom stereocenters. The Morgan fingerprint density at radius 3 is 2.16 bits per heavy atom. The third-order valence-electron chi connectivity index (χ3n) is 8.99. The number of unbranched alkanes of at least 4 members (excludes halogenated alkanes) is 2. The third-order valence-corrected chi connectivity index (χ3v) is 11.7. The van der Waals surface area contributed by atoms with Crippen molar-refractivity contribution < 1.29 is 32.6 Å². The fourth-order valence-electron chi connectivity index (χ4n) is 6.52. The summed E-state index contributed by atoms with van der Waals surface area (Å²) >= 11 is 1.39. The quantitative estimate of drug-likeness (QED) is 0.137. The molecule has 0 aliphatic carbocycles. The first-order valence-electron chi connectivity index (χ1n) is 17.2. The number of hydrogen-bond donors (Lipinski definition) is 3. The van der Waals surface area contributed by atoms with E-state index < -0.39 is 52.2 Å². The zero-order chi connectivity index (χ0) is 36.1. The van der Waals surface area contributed by atoms with Crippen LogP contribution in [0.15, 0.2) is 82.6 Å². The summed E-state index contributed by atoms with van der Waals surface area (Å²) in [6, 6.07) is 21.5. The summed E-state index contributed by atoms with van der Waals surface area (Å²) in [6.45, 7) is 4.35. The first-order chi connectivity index (χ1) is 24.0. The minimum absolute atomic E-state index is 0.0312. The first kappa shape index (κ1) is 38.8. The van der Waals surface area contributed by atoms with Crippen molar-refractivity contribution in [3.05, 3.63) is 83.9 Å². The smallest absolute Gasteiger partial charge is 0.322 e. The Morgan fingerprint density at radius 1 is 0.960 bits per heavy atom. The van der Waals surface area contributed by atoms with Gasteiger partial charge in [-0.2, -0.15) is 0 Å². The molecule has 0 saturated heterocycles. The van der Waals surface area contributed by atoms with Crippen LogP contribution in [0.2, 0.25) is 0 Å². The predicted molar refractivity (Wildman–Crippen MR) is 197 cm³/mol. The maximum atomic E-state index is 14.4. The lowest BCUT2D eigenvalue weighted by molar-refractivity contribution is -0.138. The van der Waals surface area contributed by atoms with Gasteiger partial charge < -0.3 is 25.4 Å². The van der Waals surface area contributed by atoms with Crippen molar-refractivity contribution in [3.8, 4) is 5.75 Å². The van der Waals surface area contributed by atoms with E-state index in [1.165, 1.54) is 11.8 Å². The van der Waals surface area contributed by atoms with Gasteiger partial charge >= 0.3 is 5.97 Å². The number of aliphatic carboxylic acids is 1. The van der Waals surface area contributed by atoms with E-state index in [-0.39, 0.29) is 22.8 Å². The third kappa shape index (κ3) is 10.7. The highest BCUT2D eigenvalue weighted by atomic mass is 32.2. The van der Waals surface area contributed by atoms with E-state index in [1.54, 1.807) is 30.3 Å². The van der Waals surface area contributed by atoms with E-state index in [1.807, 2.05) is 36.6 Å². The standard InChI is InChI=1S/C38H49N3O7S2/c1-4-6-18-38(19-7-5-2)26-41(24-29-16-12-9-13-17-29)31-21-33(49-3)32(22-34(31)50(46,47)27-38)48-25-35(42)40-30(37(45)39-23-36(43)44)20-28-14-10-8-11-15-28/h8-17,21-22,30H,4-7,18-20,23-27H2,1-3H3,(H,39,45)(H,40,42)(H,43,44)/t30-/m1/s1. The number of amides is 2. The number of ether oxygens (including phenoxy) is 1. The Hall–Kier alpha value is -4.03. The highest BCUT2D eigenvalue weighted by Gasteiger charge is 2.42. The minimum atomic E-state index is -3.77. The minimum Gasteiger partial charge on any atom is -0.483 e. The van der Waals surface area contributed by atoms with Crippen LogP contribution in [0.25, 0.3) is 0 Å². The van der Waals surface area contributed by atoms with Crippen LogP contribution in [-0.2, 0) is 37.2 Å². The molecule has 0 bridgehead atoms. The Balaban J connectivity index is 1.65. The summed E-state index contributed by atoms with van der Waals surface area (Å²) in [5.41, 5.74) is 2.06. The summed E-state index contributed by atoms with van der Waals surface area (Å²) in [4.78, 5) is 40.2. The Kier molecular flexibility index (Phi) is 14.2. The molecule has 1 aliphatic heterocycles. The van der Waals surface area contributed by atoms with Gasteiger partial charge in [-0.05, 0) is 36.3 Å². The number of nitrogens with zero attached hydrogens (tertiary/aromatic N) is 1. The zero-order valence-electron chi connectivity index (χ0n) is 29.2. The Morgan fingerprint density at radius 2 is 1.58 bits per heavy atom. The van der Waals surface area contributed by atoms with Crippen LogP contribution in [0, 0.1) is 5.41 Å². The van der Waals surface area contributed by atoms with Crippen LogP contribution in [-0.4, -0.2) is 69.1 Å². The molecule has 3 aromatic carbocycles. The SMILES string of the molecule is CCCCC1(CCCC)CN(Cc2ccccc2)c2cc(SC)c(OCC(=O)N[C@H](Cc3ccccc3)C(=O)NCC(=O)O)cc2S(=O)(=O)C1. The maximum Gasteiger partial charge on any atom is 0.322 e. The van der Waals surface area contributed by atoms with E-state index in [0.29, 0.717) is 23.7 Å². The maximum absolute atomic E-state index is 14.4. The highest BCUT2D eigenvalue weighted by Crippen LogP contribution is 2.46. The monoisotopic (exact) mass is 723 g/mol. The summed E-state index contributed by atoms with van der Waals surface area (Å²) in [6.07, 6.45) is 7.46. The molecule has 270 valence electrons. The molecule has 12 heteroatoms. The number of sulfone groups is 1. The molecule has 10 nitrogen and oxygen atoms in total. The van der Waals surface area contributed by atoms with Crippen LogP contribution in [0.5, 0.6) is 5.75 Å². The average Bonchev–Trinajstić information content (AvgIpc) is 3.19. The van der Waals surface area contributed by atoms with Crippen LogP contribution in [0.3, 0.4) is 0 Å². The zero-order valence-corrected chi connectivity index (χ0v) is 30.8. The summed E-state index contributed by atoms with van der Waals surface area (Å²) in [7, 11) is -3.77. The van der Waals surface area contributed by atoms with Gasteiger partial charge in [0.25, 0.3) is 5.91 Å². The van der Waals surface area contributed by atoms with E-state index in [9.17, 15) is 22.8 Å². The fourth-order valence-corrected chi connectivity index (χ4v) is 9.20. The van der Waals surface area contributed by atoms with Crippen molar-refractivity contribution in [2.45, 2.75) is 81.2 Å². The molecule has 4 rings (SSSR count). The number of rotatable bonds is 18. The molecule has 3 aromatic rings. The van der Waals surface area contributed by atoms with E-state index >= 15 is 0 Å². The van der Waals surface area contributed by atoms with E-state index in [4.69, 9.17) is 9.84 Å². The molecule has 1 heterocycles. The molecule has 0 radical (unpaired) electrons. The molecule has 3 N–H and O–H groups in total. The van der Waals surface area contributed by atoms with Gasteiger partial charge in [0.1, 0.15) is 18.3 Å². The summed E-state index contributed by atoms with van der Waals surface area (Å²) in [5, 5.41) is 14.0. The number of carboxylic acid groups (broad SMARTS) is 1. The molecular weight excluding hydrogens is 675 g/mol. The van der Waals surface area contributed by atoms with Gasteiger partial charge in [-0.3, -0.25) is 14.4 Å². The molecule has 0 saturated carbocycles. The van der Waals surface area contributed by atoms with Crippen molar-refractivity contribution in [1.82, 2.24) is 10.6 Å². The van der Waals surface area contributed by atoms with Gasteiger partial charge in [-0.1, -0.05) is 100 Å². The number of nitrogens with one attached hydrogen (secondary N) is 2. The Labute approximate surface area is 300 Å². The van der Waals surface area contributed by atoms with Gasteiger partial charge in [0.2, 0.25) is 5.91 Å². The van der Waals surface area contributed by atoms with Crippen LogP contribution >= 0.6 is 11.8 Å². The number of fused-ring (bicyclic) bond motifs is 1. The van der Waals surface area contributed by atoms with Gasteiger partial charge in [0.15, 0.2) is 16.4 Å². The molecular formula is C38H49N3O7S2. The van der Waals surface area contributed by atoms with Crippen molar-refractivity contribution in [2.75, 3.05) is 36.6 Å². The van der Waals surface area contributed by atoms with Crippen molar-refractivity contribution in [2.24, 2.45) is 5.41 Å². The van der Waals surface area contributed by atoms with Gasteiger partial charge in [-0.15, -0.1) is 11.8 Å². The van der Waals surface area contributed by atoms with Crippen molar-refractivity contribution >= 4 is 45.1 Å².